The largest absolute Gasteiger partial charge is 0.503 e. The molecular weight excluding hydrogens is 489 g/mol. The van der Waals surface area contributed by atoms with Crippen LogP contribution in [0.25, 0.3) is 10.6 Å². The Morgan fingerprint density at radius 1 is 0.972 bits per heavy atom. The number of aryl methyl sites for hydroxylation is 1. The van der Waals surface area contributed by atoms with Gasteiger partial charge < -0.3 is 5.11 Å². The number of thiazole rings is 1. The van der Waals surface area contributed by atoms with E-state index in [4.69, 9.17) is 0 Å². The topological polar surface area (TPSA) is 70.5 Å². The minimum Gasteiger partial charge on any atom is -0.503 e. The molecule has 1 amide bonds. The molecule has 5 rings (SSSR count). The van der Waals surface area contributed by atoms with Crippen LogP contribution in [0.5, 0.6) is 0 Å². The molecule has 0 fully saturated rings. The zero-order chi connectivity index (χ0) is 25.6. The van der Waals surface area contributed by atoms with E-state index in [2.05, 4.69) is 4.98 Å². The van der Waals surface area contributed by atoms with Gasteiger partial charge in [-0.2, -0.15) is 0 Å². The third-order valence-electron chi connectivity index (χ3n) is 5.83. The van der Waals surface area contributed by atoms with Crippen molar-refractivity contribution in [2.75, 3.05) is 4.90 Å². The summed E-state index contributed by atoms with van der Waals surface area (Å²) in [5, 5.41) is 11.4. The van der Waals surface area contributed by atoms with Crippen molar-refractivity contribution < 1.29 is 27.9 Å². The van der Waals surface area contributed by atoms with E-state index < -0.39 is 46.6 Å². The summed E-state index contributed by atoms with van der Waals surface area (Å²) in [6.45, 7) is 1.63. The fourth-order valence-corrected chi connectivity index (χ4v) is 5.18. The van der Waals surface area contributed by atoms with Crippen LogP contribution in [0.2, 0.25) is 0 Å². The van der Waals surface area contributed by atoms with Crippen molar-refractivity contribution in [1.82, 2.24) is 4.98 Å². The second-order valence-corrected chi connectivity index (χ2v) is 9.12. The normalized spacial score (nSPS) is 15.6. The average Bonchev–Trinajstić information content (AvgIpc) is 3.39. The molecular formula is C27H17F3N2O3S. The number of halogens is 3. The molecule has 0 spiro atoms. The van der Waals surface area contributed by atoms with Crippen LogP contribution in [0.4, 0.5) is 18.9 Å². The number of anilines is 1. The van der Waals surface area contributed by atoms with Gasteiger partial charge >= 0.3 is 0 Å². The van der Waals surface area contributed by atoms with Crippen molar-refractivity contribution in [2.45, 2.75) is 13.0 Å². The molecule has 1 unspecified atom stereocenters. The van der Waals surface area contributed by atoms with E-state index in [9.17, 15) is 27.9 Å². The van der Waals surface area contributed by atoms with Crippen molar-refractivity contribution in [3.8, 4) is 10.6 Å². The smallest absolute Gasteiger partial charge is 0.294 e. The molecule has 0 saturated carbocycles. The quantitative estimate of drug-likeness (QED) is 0.322. The molecule has 9 heteroatoms. The number of hydrogen-bond donors (Lipinski definition) is 1. The number of carbonyl (C=O) groups is 2. The fourth-order valence-electron chi connectivity index (χ4n) is 4.15. The molecule has 0 saturated heterocycles. The van der Waals surface area contributed by atoms with Gasteiger partial charge in [-0.3, -0.25) is 14.5 Å². The summed E-state index contributed by atoms with van der Waals surface area (Å²) in [6, 6.07) is 15.2. The number of hydrogen-bond acceptors (Lipinski definition) is 5. The van der Waals surface area contributed by atoms with Gasteiger partial charge in [-0.05, 0) is 36.8 Å². The lowest BCUT2D eigenvalue weighted by molar-refractivity contribution is -0.117. The molecule has 5 nitrogen and oxygen atoms in total. The van der Waals surface area contributed by atoms with Gasteiger partial charge in [0.1, 0.15) is 22.5 Å². The van der Waals surface area contributed by atoms with Crippen LogP contribution >= 0.6 is 11.3 Å². The molecule has 4 aromatic rings. The zero-order valence-corrected chi connectivity index (χ0v) is 19.5. The maximum Gasteiger partial charge on any atom is 0.294 e. The number of aliphatic hydroxyl groups is 1. The number of rotatable bonds is 5. The van der Waals surface area contributed by atoms with Crippen LogP contribution in [0.1, 0.15) is 27.0 Å². The summed E-state index contributed by atoms with van der Waals surface area (Å²) in [7, 11) is 0. The first-order valence-electron chi connectivity index (χ1n) is 10.8. The highest BCUT2D eigenvalue weighted by Crippen LogP contribution is 2.44. The van der Waals surface area contributed by atoms with E-state index >= 15 is 0 Å². The van der Waals surface area contributed by atoms with Crippen molar-refractivity contribution in [3.63, 3.8) is 0 Å². The van der Waals surface area contributed by atoms with Crippen LogP contribution in [-0.2, 0) is 4.79 Å². The van der Waals surface area contributed by atoms with E-state index in [0.29, 0.717) is 10.7 Å². The van der Waals surface area contributed by atoms with Crippen LogP contribution in [0.3, 0.4) is 0 Å². The molecule has 1 aliphatic heterocycles. The third-order valence-corrected chi connectivity index (χ3v) is 7.04. The van der Waals surface area contributed by atoms with Gasteiger partial charge in [0.2, 0.25) is 5.78 Å². The predicted molar refractivity (Wildman–Crippen MR) is 129 cm³/mol. The Hall–Kier alpha value is -4.24. The number of Topliss-reactive ketones (excluding diaryl/α,β-unsaturated/α-hetero) is 1. The first-order chi connectivity index (χ1) is 17.3. The van der Waals surface area contributed by atoms with Crippen LogP contribution in [0, 0.1) is 24.4 Å². The molecule has 0 aliphatic carbocycles. The van der Waals surface area contributed by atoms with Gasteiger partial charge in [0.15, 0.2) is 5.76 Å². The number of aliphatic hydroxyl groups excluding tert-OH is 1. The molecule has 0 bridgehead atoms. The van der Waals surface area contributed by atoms with Crippen molar-refractivity contribution in [3.05, 3.63) is 118 Å². The molecule has 0 radical (unpaired) electrons. The Labute approximate surface area is 207 Å². The molecule has 2 heterocycles. The summed E-state index contributed by atoms with van der Waals surface area (Å²) in [4.78, 5) is 32.4. The van der Waals surface area contributed by atoms with Gasteiger partial charge in [0.05, 0.1) is 27.9 Å². The molecule has 1 aromatic heterocycles. The van der Waals surface area contributed by atoms with Gasteiger partial charge in [0, 0.05) is 11.6 Å². The molecule has 1 aliphatic rings. The third kappa shape index (κ3) is 3.97. The number of carbonyl (C=O) groups excluding carboxylic acids is 2. The number of benzene rings is 3. The Bertz CT molecular complexity index is 1530. The minimum atomic E-state index is -1.33. The Kier molecular flexibility index (Phi) is 5.93. The highest BCUT2D eigenvalue weighted by Gasteiger charge is 2.46. The van der Waals surface area contributed by atoms with Gasteiger partial charge in [-0.1, -0.05) is 42.5 Å². The Balaban J connectivity index is 1.66. The minimum absolute atomic E-state index is 0.178. The molecule has 36 heavy (non-hydrogen) atoms. The zero-order valence-electron chi connectivity index (χ0n) is 18.7. The lowest BCUT2D eigenvalue weighted by atomic mass is 9.94. The van der Waals surface area contributed by atoms with E-state index in [-0.39, 0.29) is 16.0 Å². The van der Waals surface area contributed by atoms with E-state index in [1.165, 1.54) is 12.1 Å². The number of amides is 1. The first-order valence-corrected chi connectivity index (χ1v) is 11.6. The van der Waals surface area contributed by atoms with Crippen molar-refractivity contribution in [1.29, 1.82) is 0 Å². The standard InChI is InChI=1S/C27H17F3N2O3S/c1-14-25(36-26(31-14)16-5-3-2-4-6-16)23(33)21-22(15-7-9-17(28)10-8-15)32(27(35)24(21)34)20-13-18(29)11-12-19(20)30/h2-13,22,34H,1H3. The fraction of sp³-hybridized carbons (Fsp3) is 0.0741. The summed E-state index contributed by atoms with van der Waals surface area (Å²) in [5.41, 5.74) is 0.594. The maximum atomic E-state index is 14.8. The highest BCUT2D eigenvalue weighted by molar-refractivity contribution is 7.17. The number of ketones is 1. The van der Waals surface area contributed by atoms with Gasteiger partial charge in [-0.25, -0.2) is 18.2 Å². The van der Waals surface area contributed by atoms with Gasteiger partial charge in [-0.15, -0.1) is 11.3 Å². The summed E-state index contributed by atoms with van der Waals surface area (Å²) in [6.07, 6.45) is 0. The number of aromatic nitrogens is 1. The van der Waals surface area contributed by atoms with Crippen LogP contribution < -0.4 is 4.90 Å². The molecule has 180 valence electrons. The van der Waals surface area contributed by atoms with Crippen LogP contribution in [-0.4, -0.2) is 21.8 Å². The second kappa shape index (κ2) is 9.09. The Morgan fingerprint density at radius 3 is 2.33 bits per heavy atom. The predicted octanol–water partition coefficient (Wildman–Crippen LogP) is 6.32. The van der Waals surface area contributed by atoms with E-state index in [1.807, 2.05) is 30.3 Å². The van der Waals surface area contributed by atoms with Crippen LogP contribution in [0.15, 0.2) is 84.1 Å². The van der Waals surface area contributed by atoms with Crippen molar-refractivity contribution >= 4 is 28.7 Å². The summed E-state index contributed by atoms with van der Waals surface area (Å²) >= 11 is 1.08. The Morgan fingerprint density at radius 2 is 1.64 bits per heavy atom. The average molecular weight is 507 g/mol. The second-order valence-electron chi connectivity index (χ2n) is 8.12. The van der Waals surface area contributed by atoms with Gasteiger partial charge in [0.25, 0.3) is 5.91 Å². The SMILES string of the molecule is Cc1nc(-c2ccccc2)sc1C(=O)C1=C(O)C(=O)N(c2cc(F)ccc2F)C1c1ccc(F)cc1. The number of nitrogens with zero attached hydrogens (tertiary/aromatic N) is 2. The first kappa shape index (κ1) is 23.5. The summed E-state index contributed by atoms with van der Waals surface area (Å²) in [5.74, 6) is -4.99. The lowest BCUT2D eigenvalue weighted by Crippen LogP contribution is -2.32. The van der Waals surface area contributed by atoms with E-state index in [1.54, 1.807) is 6.92 Å². The van der Waals surface area contributed by atoms with Crippen molar-refractivity contribution in [2.24, 2.45) is 0 Å². The maximum absolute atomic E-state index is 14.8. The molecule has 1 N–H and O–H groups in total. The highest BCUT2D eigenvalue weighted by atomic mass is 32.1. The van der Waals surface area contributed by atoms with E-state index in [0.717, 1.165) is 52.1 Å². The lowest BCUT2D eigenvalue weighted by Gasteiger charge is -2.27. The molecule has 1 atom stereocenters. The summed E-state index contributed by atoms with van der Waals surface area (Å²) < 4.78 is 42.5. The molecule has 3 aromatic carbocycles. The monoisotopic (exact) mass is 506 g/mol.